The highest BCUT2D eigenvalue weighted by Crippen LogP contribution is 2.58. The fourth-order valence-corrected chi connectivity index (χ4v) is 4.78. The molecule has 6 rings (SSSR count). The van der Waals surface area contributed by atoms with Gasteiger partial charge in [0.2, 0.25) is 0 Å². The van der Waals surface area contributed by atoms with Crippen LogP contribution in [0.15, 0.2) is 60.2 Å². The van der Waals surface area contributed by atoms with E-state index >= 15 is 0 Å². The lowest BCUT2D eigenvalue weighted by atomic mass is 9.54. The van der Waals surface area contributed by atoms with E-state index in [2.05, 4.69) is 66.8 Å². The smallest absolute Gasteiger partial charge is 0.0580 e. The maximum absolute atomic E-state index is 3.69. The molecule has 1 unspecified atom stereocenters. The van der Waals surface area contributed by atoms with E-state index in [0.717, 1.165) is 6.54 Å². The van der Waals surface area contributed by atoms with Crippen molar-refractivity contribution >= 4 is 0 Å². The Morgan fingerprint density at radius 1 is 0.950 bits per heavy atom. The molecule has 0 radical (unpaired) electrons. The zero-order valence-electron chi connectivity index (χ0n) is 11.6. The molecule has 1 aliphatic heterocycles. The molecule has 2 aromatic rings. The predicted molar refractivity (Wildman–Crippen MR) is 81.1 cm³/mol. The van der Waals surface area contributed by atoms with Crippen LogP contribution in [0.25, 0.3) is 0 Å². The Morgan fingerprint density at radius 3 is 2.20 bits per heavy atom. The summed E-state index contributed by atoms with van der Waals surface area (Å²) in [7, 11) is 0. The van der Waals surface area contributed by atoms with Crippen LogP contribution in [-0.4, -0.2) is 12.6 Å². The van der Waals surface area contributed by atoms with Crippen LogP contribution < -0.4 is 5.32 Å². The molecule has 2 bridgehead atoms. The fourth-order valence-electron chi connectivity index (χ4n) is 4.78. The molecule has 1 spiro atoms. The minimum atomic E-state index is 0.0714. The highest BCUT2D eigenvalue weighted by atomic mass is 15.0. The van der Waals surface area contributed by atoms with Crippen molar-refractivity contribution in [2.75, 3.05) is 6.54 Å². The zero-order chi connectivity index (χ0) is 13.3. The number of nitrogens with one attached hydrogen (secondary N) is 1. The molecule has 98 valence electrons. The van der Waals surface area contributed by atoms with Crippen molar-refractivity contribution in [1.82, 2.24) is 5.32 Å². The van der Waals surface area contributed by atoms with Crippen LogP contribution >= 0.6 is 0 Å². The SMILES string of the molecule is CC1NCC2=CC3c4ccccc4C21c1ccccc13. The highest BCUT2D eigenvalue weighted by molar-refractivity contribution is 5.69. The maximum atomic E-state index is 3.69. The van der Waals surface area contributed by atoms with Crippen LogP contribution in [0.4, 0.5) is 0 Å². The van der Waals surface area contributed by atoms with Crippen LogP contribution in [0.2, 0.25) is 0 Å². The Morgan fingerprint density at radius 2 is 1.55 bits per heavy atom. The molecule has 1 heterocycles. The molecule has 2 aromatic carbocycles. The number of hydrogen-bond donors (Lipinski definition) is 1. The topological polar surface area (TPSA) is 12.0 Å². The standard InChI is InChI=1S/C19H17N/c1-12-19-13(11-20-12)10-16(14-6-2-4-8-17(14)19)15-7-3-5-9-18(15)19/h2-10,12,16,20H,11H2,1H3. The lowest BCUT2D eigenvalue weighted by Gasteiger charge is -2.48. The van der Waals surface area contributed by atoms with Gasteiger partial charge in [0, 0.05) is 18.5 Å². The summed E-state index contributed by atoms with van der Waals surface area (Å²) in [6, 6.07) is 18.5. The van der Waals surface area contributed by atoms with Gasteiger partial charge in [-0.25, -0.2) is 0 Å². The van der Waals surface area contributed by atoms with E-state index < -0.39 is 0 Å². The van der Waals surface area contributed by atoms with Crippen LogP contribution in [-0.2, 0) is 5.41 Å². The van der Waals surface area contributed by atoms with E-state index in [4.69, 9.17) is 0 Å². The molecule has 0 saturated carbocycles. The van der Waals surface area contributed by atoms with E-state index in [1.165, 1.54) is 22.3 Å². The van der Waals surface area contributed by atoms with Crippen LogP contribution in [0.5, 0.6) is 0 Å². The molecule has 1 fully saturated rings. The van der Waals surface area contributed by atoms with Crippen molar-refractivity contribution in [3.8, 4) is 0 Å². The van der Waals surface area contributed by atoms with E-state index in [0.29, 0.717) is 12.0 Å². The third-order valence-electron chi connectivity index (χ3n) is 5.56. The monoisotopic (exact) mass is 259 g/mol. The van der Waals surface area contributed by atoms with Crippen molar-refractivity contribution < 1.29 is 0 Å². The number of rotatable bonds is 0. The van der Waals surface area contributed by atoms with Crippen molar-refractivity contribution in [2.45, 2.75) is 24.3 Å². The first kappa shape index (κ1) is 10.9. The molecular weight excluding hydrogens is 242 g/mol. The number of benzene rings is 2. The summed E-state index contributed by atoms with van der Waals surface area (Å²) in [5.41, 5.74) is 7.71. The average molecular weight is 259 g/mol. The van der Waals surface area contributed by atoms with Crippen LogP contribution in [0.3, 0.4) is 0 Å². The summed E-state index contributed by atoms with van der Waals surface area (Å²) >= 11 is 0. The van der Waals surface area contributed by atoms with Gasteiger partial charge in [-0.3, -0.25) is 0 Å². The van der Waals surface area contributed by atoms with Gasteiger partial charge < -0.3 is 5.32 Å². The number of allylic oxidation sites excluding steroid dienone is 1. The lowest BCUT2D eigenvalue weighted by molar-refractivity contribution is 0.475. The predicted octanol–water partition coefficient (Wildman–Crippen LogP) is 3.35. The maximum Gasteiger partial charge on any atom is 0.0580 e. The van der Waals surface area contributed by atoms with E-state index in [-0.39, 0.29) is 5.41 Å². The summed E-state index contributed by atoms with van der Waals surface area (Å²) in [6.07, 6.45) is 2.52. The molecule has 1 N–H and O–H groups in total. The van der Waals surface area contributed by atoms with Gasteiger partial charge >= 0.3 is 0 Å². The van der Waals surface area contributed by atoms with Gasteiger partial charge in [-0.1, -0.05) is 54.6 Å². The van der Waals surface area contributed by atoms with Gasteiger partial charge in [0.1, 0.15) is 0 Å². The largest absolute Gasteiger partial charge is 0.309 e. The Kier molecular flexibility index (Phi) is 1.86. The molecule has 0 amide bonds. The van der Waals surface area contributed by atoms with Crippen molar-refractivity contribution in [2.24, 2.45) is 0 Å². The highest BCUT2D eigenvalue weighted by Gasteiger charge is 2.55. The summed E-state index contributed by atoms with van der Waals surface area (Å²) in [6.45, 7) is 3.36. The molecule has 3 aliphatic carbocycles. The van der Waals surface area contributed by atoms with E-state index in [1.807, 2.05) is 0 Å². The third-order valence-corrected chi connectivity index (χ3v) is 5.56. The second kappa shape index (κ2) is 3.42. The average Bonchev–Trinajstić information content (AvgIpc) is 2.86. The van der Waals surface area contributed by atoms with Gasteiger partial charge in [0.05, 0.1) is 5.41 Å². The summed E-state index contributed by atoms with van der Waals surface area (Å²) in [5.74, 6) is 0.450. The Balaban J connectivity index is 1.97. The Hall–Kier alpha value is -1.86. The molecule has 0 aromatic heterocycles. The first-order chi connectivity index (χ1) is 9.83. The number of hydrogen-bond acceptors (Lipinski definition) is 1. The second-order valence-corrected chi connectivity index (χ2v) is 6.25. The molecule has 1 atom stereocenters. The Bertz CT molecular complexity index is 708. The quantitative estimate of drug-likeness (QED) is 0.715. The summed E-state index contributed by atoms with van der Waals surface area (Å²) in [4.78, 5) is 0. The Labute approximate surface area is 119 Å². The van der Waals surface area contributed by atoms with E-state index in [9.17, 15) is 0 Å². The normalized spacial score (nSPS) is 32.4. The minimum absolute atomic E-state index is 0.0714. The van der Waals surface area contributed by atoms with Crippen LogP contribution in [0, 0.1) is 0 Å². The first-order valence-electron chi connectivity index (χ1n) is 7.47. The van der Waals surface area contributed by atoms with Crippen molar-refractivity contribution in [1.29, 1.82) is 0 Å². The van der Waals surface area contributed by atoms with Gasteiger partial charge in [0.25, 0.3) is 0 Å². The minimum Gasteiger partial charge on any atom is -0.309 e. The first-order valence-corrected chi connectivity index (χ1v) is 7.47. The third kappa shape index (κ3) is 0.990. The van der Waals surface area contributed by atoms with Crippen molar-refractivity contribution in [3.05, 3.63) is 82.4 Å². The van der Waals surface area contributed by atoms with Gasteiger partial charge in [0.15, 0.2) is 0 Å². The summed E-state index contributed by atoms with van der Waals surface area (Å²) in [5, 5.41) is 3.69. The van der Waals surface area contributed by atoms with E-state index in [1.54, 1.807) is 5.57 Å². The summed E-state index contributed by atoms with van der Waals surface area (Å²) < 4.78 is 0. The molecule has 20 heavy (non-hydrogen) atoms. The molecule has 1 nitrogen and oxygen atoms in total. The van der Waals surface area contributed by atoms with Crippen LogP contribution in [0.1, 0.15) is 35.1 Å². The fraction of sp³-hybridized carbons (Fsp3) is 0.263. The van der Waals surface area contributed by atoms with Gasteiger partial charge in [-0.05, 0) is 34.8 Å². The van der Waals surface area contributed by atoms with Gasteiger partial charge in [-0.15, -0.1) is 0 Å². The zero-order valence-corrected chi connectivity index (χ0v) is 11.6. The van der Waals surface area contributed by atoms with Crippen molar-refractivity contribution in [3.63, 3.8) is 0 Å². The molecule has 1 heteroatoms. The second-order valence-electron chi connectivity index (χ2n) is 6.25. The lowest BCUT2D eigenvalue weighted by Crippen LogP contribution is -2.46. The van der Waals surface area contributed by atoms with Gasteiger partial charge in [-0.2, -0.15) is 0 Å². The molecular formula is C19H17N. The molecule has 4 aliphatic rings. The molecule has 1 saturated heterocycles.